The van der Waals surface area contributed by atoms with Crippen LogP contribution in [0.2, 0.25) is 0 Å². The van der Waals surface area contributed by atoms with E-state index in [1.54, 1.807) is 49.4 Å². The fourth-order valence-electron chi connectivity index (χ4n) is 1.39. The Labute approximate surface area is 104 Å². The molecule has 0 atom stereocenters. The van der Waals surface area contributed by atoms with Crippen molar-refractivity contribution in [2.24, 2.45) is 0 Å². The van der Waals surface area contributed by atoms with Gasteiger partial charge in [-0.1, -0.05) is 18.2 Å². The summed E-state index contributed by atoms with van der Waals surface area (Å²) in [6.45, 7) is 1.74. The van der Waals surface area contributed by atoms with E-state index in [2.05, 4.69) is 10.9 Å². The fourth-order valence-corrected chi connectivity index (χ4v) is 1.39. The Morgan fingerprint density at radius 3 is 2.22 bits per heavy atom. The van der Waals surface area contributed by atoms with E-state index < -0.39 is 5.91 Å². The van der Waals surface area contributed by atoms with Crippen LogP contribution in [0.4, 0.5) is 0 Å². The van der Waals surface area contributed by atoms with Crippen molar-refractivity contribution in [3.05, 3.63) is 59.5 Å². The Morgan fingerprint density at radius 2 is 1.61 bits per heavy atom. The lowest BCUT2D eigenvalue weighted by Gasteiger charge is -2.05. The number of aryl methyl sites for hydroxylation is 1. The van der Waals surface area contributed by atoms with Gasteiger partial charge >= 0.3 is 5.91 Å². The molecule has 0 radical (unpaired) electrons. The van der Waals surface area contributed by atoms with E-state index in [-0.39, 0.29) is 11.7 Å². The summed E-state index contributed by atoms with van der Waals surface area (Å²) in [5.74, 6) is -0.0880. The maximum absolute atomic E-state index is 11.6. The monoisotopic (exact) mass is 244 g/mol. The molecule has 1 heterocycles. The zero-order chi connectivity index (χ0) is 13.0. The van der Waals surface area contributed by atoms with Crippen molar-refractivity contribution in [2.75, 3.05) is 0 Å². The average molecular weight is 244 g/mol. The van der Waals surface area contributed by atoms with Gasteiger partial charge in [-0.25, -0.2) is 0 Å². The molecule has 1 aromatic carbocycles. The fraction of sp³-hybridized carbons (Fsp3) is 0.0769. The van der Waals surface area contributed by atoms with Gasteiger partial charge in [-0.05, 0) is 31.2 Å². The largest absolute Gasteiger partial charge is 0.456 e. The molecule has 2 aromatic rings. The molecule has 92 valence electrons. The van der Waals surface area contributed by atoms with Gasteiger partial charge in [0.15, 0.2) is 5.76 Å². The Morgan fingerprint density at radius 1 is 0.944 bits per heavy atom. The first kappa shape index (κ1) is 11.9. The quantitative estimate of drug-likeness (QED) is 0.789. The molecule has 2 amide bonds. The van der Waals surface area contributed by atoms with Crippen LogP contribution in [-0.2, 0) is 0 Å². The number of carbonyl (C=O) groups is 2. The maximum atomic E-state index is 11.6. The van der Waals surface area contributed by atoms with Crippen molar-refractivity contribution in [1.82, 2.24) is 10.9 Å². The van der Waals surface area contributed by atoms with E-state index in [4.69, 9.17) is 4.42 Å². The number of hydrogen-bond donors (Lipinski definition) is 2. The molecule has 0 fully saturated rings. The molecule has 0 saturated heterocycles. The van der Waals surface area contributed by atoms with Crippen molar-refractivity contribution in [3.63, 3.8) is 0 Å². The summed E-state index contributed by atoms with van der Waals surface area (Å²) >= 11 is 0. The number of benzene rings is 1. The molecule has 0 saturated carbocycles. The molecule has 2 rings (SSSR count). The summed E-state index contributed by atoms with van der Waals surface area (Å²) in [5, 5.41) is 0. The lowest BCUT2D eigenvalue weighted by molar-refractivity contribution is 0.0830. The number of hydrazine groups is 1. The van der Waals surface area contributed by atoms with E-state index in [0.29, 0.717) is 11.3 Å². The van der Waals surface area contributed by atoms with Crippen molar-refractivity contribution in [3.8, 4) is 0 Å². The molecule has 0 unspecified atom stereocenters. The predicted molar refractivity (Wildman–Crippen MR) is 64.8 cm³/mol. The number of nitrogens with one attached hydrogen (secondary N) is 2. The zero-order valence-corrected chi connectivity index (χ0v) is 9.77. The molecule has 0 aliphatic heterocycles. The van der Waals surface area contributed by atoms with E-state index in [1.165, 1.54) is 0 Å². The molecule has 5 heteroatoms. The molecule has 18 heavy (non-hydrogen) atoms. The van der Waals surface area contributed by atoms with E-state index in [9.17, 15) is 9.59 Å². The van der Waals surface area contributed by atoms with E-state index in [0.717, 1.165) is 0 Å². The summed E-state index contributed by atoms with van der Waals surface area (Å²) in [6, 6.07) is 11.8. The molecular formula is C13H12N2O3. The first-order chi connectivity index (χ1) is 8.66. The number of hydrogen-bond acceptors (Lipinski definition) is 3. The SMILES string of the molecule is Cc1ccc(C(=O)NNC(=O)c2ccccc2)o1. The summed E-state index contributed by atoms with van der Waals surface area (Å²) in [6.07, 6.45) is 0. The third-order valence-electron chi connectivity index (χ3n) is 2.29. The molecule has 1 aromatic heterocycles. The van der Waals surface area contributed by atoms with Crippen molar-refractivity contribution in [2.45, 2.75) is 6.92 Å². The normalized spacial score (nSPS) is 9.83. The molecule has 5 nitrogen and oxygen atoms in total. The number of amides is 2. The van der Waals surface area contributed by atoms with Gasteiger partial charge in [0.05, 0.1) is 0 Å². The number of rotatable bonds is 2. The van der Waals surface area contributed by atoms with Gasteiger partial charge in [0, 0.05) is 5.56 Å². The van der Waals surface area contributed by atoms with Crippen LogP contribution in [0.3, 0.4) is 0 Å². The van der Waals surface area contributed by atoms with Gasteiger partial charge in [-0.3, -0.25) is 20.4 Å². The average Bonchev–Trinajstić information content (AvgIpc) is 2.83. The summed E-state index contributed by atoms with van der Waals surface area (Å²) in [4.78, 5) is 23.2. The van der Waals surface area contributed by atoms with Gasteiger partial charge in [0.25, 0.3) is 5.91 Å². The second-order valence-corrected chi connectivity index (χ2v) is 3.68. The van der Waals surface area contributed by atoms with Crippen LogP contribution < -0.4 is 10.9 Å². The Balaban J connectivity index is 1.92. The van der Waals surface area contributed by atoms with Crippen LogP contribution in [0.5, 0.6) is 0 Å². The van der Waals surface area contributed by atoms with Crippen molar-refractivity contribution >= 4 is 11.8 Å². The highest BCUT2D eigenvalue weighted by molar-refractivity contribution is 5.97. The van der Waals surface area contributed by atoms with Gasteiger partial charge in [0.1, 0.15) is 5.76 Å². The van der Waals surface area contributed by atoms with Gasteiger partial charge < -0.3 is 4.42 Å². The van der Waals surface area contributed by atoms with Crippen LogP contribution in [0.25, 0.3) is 0 Å². The van der Waals surface area contributed by atoms with E-state index in [1.807, 2.05) is 0 Å². The second-order valence-electron chi connectivity index (χ2n) is 3.68. The van der Waals surface area contributed by atoms with Crippen molar-refractivity contribution in [1.29, 1.82) is 0 Å². The van der Waals surface area contributed by atoms with Crippen molar-refractivity contribution < 1.29 is 14.0 Å². The van der Waals surface area contributed by atoms with Crippen LogP contribution >= 0.6 is 0 Å². The third-order valence-corrected chi connectivity index (χ3v) is 2.29. The van der Waals surface area contributed by atoms with Crippen LogP contribution in [-0.4, -0.2) is 11.8 Å². The minimum absolute atomic E-state index is 0.154. The van der Waals surface area contributed by atoms with Gasteiger partial charge in [-0.2, -0.15) is 0 Å². The van der Waals surface area contributed by atoms with Crippen LogP contribution in [0.15, 0.2) is 46.9 Å². The lowest BCUT2D eigenvalue weighted by atomic mass is 10.2. The highest BCUT2D eigenvalue weighted by Gasteiger charge is 2.11. The third kappa shape index (κ3) is 2.76. The molecule has 0 aliphatic rings. The molecule has 2 N–H and O–H groups in total. The number of furan rings is 1. The first-order valence-electron chi connectivity index (χ1n) is 5.39. The molecular weight excluding hydrogens is 232 g/mol. The lowest BCUT2D eigenvalue weighted by Crippen LogP contribution is -2.41. The topological polar surface area (TPSA) is 71.3 Å². The molecule has 0 spiro atoms. The Kier molecular flexibility index (Phi) is 3.43. The minimum atomic E-state index is -0.493. The minimum Gasteiger partial charge on any atom is -0.456 e. The molecule has 0 aliphatic carbocycles. The first-order valence-corrected chi connectivity index (χ1v) is 5.39. The smallest absolute Gasteiger partial charge is 0.305 e. The van der Waals surface area contributed by atoms with Crippen LogP contribution in [0, 0.1) is 6.92 Å². The highest BCUT2D eigenvalue weighted by Crippen LogP contribution is 2.05. The molecule has 0 bridgehead atoms. The van der Waals surface area contributed by atoms with E-state index >= 15 is 0 Å². The maximum Gasteiger partial charge on any atom is 0.305 e. The van der Waals surface area contributed by atoms with Gasteiger partial charge in [0.2, 0.25) is 0 Å². The Hall–Kier alpha value is -2.56. The standard InChI is InChI=1S/C13H12N2O3/c1-9-7-8-11(18-9)13(17)15-14-12(16)10-5-3-2-4-6-10/h2-8H,1H3,(H,14,16)(H,15,17). The summed E-state index contributed by atoms with van der Waals surface area (Å²) in [7, 11) is 0. The van der Waals surface area contributed by atoms with Gasteiger partial charge in [-0.15, -0.1) is 0 Å². The highest BCUT2D eigenvalue weighted by atomic mass is 16.3. The predicted octanol–water partition coefficient (Wildman–Crippen LogP) is 1.66. The van der Waals surface area contributed by atoms with Crippen LogP contribution in [0.1, 0.15) is 26.7 Å². The summed E-state index contributed by atoms with van der Waals surface area (Å²) < 4.78 is 5.12. The number of carbonyl (C=O) groups excluding carboxylic acids is 2. The second kappa shape index (κ2) is 5.18. The summed E-state index contributed by atoms with van der Waals surface area (Å²) in [5.41, 5.74) is 5.05. The Bertz CT molecular complexity index is 561. The zero-order valence-electron chi connectivity index (χ0n) is 9.77.